The Bertz CT molecular complexity index is 453. The number of hydrogen-bond acceptors (Lipinski definition) is 2. The average Bonchev–Trinajstić information content (AvgIpc) is 2.41. The van der Waals surface area contributed by atoms with E-state index in [0.29, 0.717) is 16.1 Å². The molecule has 0 radical (unpaired) electrons. The van der Waals surface area contributed by atoms with Crippen molar-refractivity contribution in [2.75, 3.05) is 7.05 Å². The molecule has 100 valence electrons. The van der Waals surface area contributed by atoms with Crippen LogP contribution >= 0.6 is 23.2 Å². The van der Waals surface area contributed by atoms with E-state index in [1.165, 1.54) is 6.42 Å². The molecule has 1 saturated carbocycles. The Hall–Kier alpha value is -0.0900. The minimum atomic E-state index is -1.02. The van der Waals surface area contributed by atoms with E-state index in [0.717, 1.165) is 24.2 Å². The van der Waals surface area contributed by atoms with Gasteiger partial charge in [-0.1, -0.05) is 36.0 Å². The van der Waals surface area contributed by atoms with E-state index < -0.39 is 10.8 Å². The summed E-state index contributed by atoms with van der Waals surface area (Å²) in [5, 5.41) is 4.42. The summed E-state index contributed by atoms with van der Waals surface area (Å²) in [5.41, 5.74) is 0. The van der Waals surface area contributed by atoms with Crippen LogP contribution in [0.4, 0.5) is 0 Å². The molecule has 1 aliphatic rings. The van der Waals surface area contributed by atoms with Gasteiger partial charge in [-0.3, -0.25) is 4.21 Å². The van der Waals surface area contributed by atoms with E-state index in [-0.39, 0.29) is 5.25 Å². The summed E-state index contributed by atoms with van der Waals surface area (Å²) < 4.78 is 12.6. The monoisotopic (exact) mass is 305 g/mol. The summed E-state index contributed by atoms with van der Waals surface area (Å²) in [5.74, 6) is 0. The highest BCUT2D eigenvalue weighted by atomic mass is 35.5. The smallest absolute Gasteiger partial charge is 0.0604 e. The normalized spacial score (nSPS) is 25.9. The lowest BCUT2D eigenvalue weighted by atomic mass is 9.95. The van der Waals surface area contributed by atoms with Gasteiger partial charge in [-0.05, 0) is 38.1 Å². The Morgan fingerprint density at radius 1 is 1.22 bits per heavy atom. The molecule has 1 aliphatic carbocycles. The quantitative estimate of drug-likeness (QED) is 0.924. The van der Waals surface area contributed by atoms with Gasteiger partial charge in [-0.2, -0.15) is 0 Å². The van der Waals surface area contributed by atoms with Crippen molar-refractivity contribution in [2.24, 2.45) is 0 Å². The molecular formula is C13H17Cl2NOS. The third-order valence-electron chi connectivity index (χ3n) is 3.47. The Labute approximate surface area is 121 Å². The molecule has 0 aromatic heterocycles. The van der Waals surface area contributed by atoms with Gasteiger partial charge in [-0.15, -0.1) is 0 Å². The molecule has 0 heterocycles. The van der Waals surface area contributed by atoms with Crippen LogP contribution in [0.3, 0.4) is 0 Å². The van der Waals surface area contributed by atoms with Crippen molar-refractivity contribution in [2.45, 2.75) is 41.9 Å². The van der Waals surface area contributed by atoms with Crippen molar-refractivity contribution in [3.63, 3.8) is 0 Å². The summed E-state index contributed by atoms with van der Waals surface area (Å²) in [4.78, 5) is 0.775. The first-order chi connectivity index (χ1) is 8.63. The molecule has 0 saturated heterocycles. The van der Waals surface area contributed by atoms with Crippen LogP contribution in [-0.4, -0.2) is 22.5 Å². The summed E-state index contributed by atoms with van der Waals surface area (Å²) in [7, 11) is 0.916. The standard InChI is InChI=1S/C13H17Cl2NOS/c1-16-12-4-2-3-5-13(12)18(17)9-6-7-10(14)11(15)8-9/h6-8,12-13,16H,2-5H2,1H3. The summed E-state index contributed by atoms with van der Waals surface area (Å²) in [6, 6.07) is 5.58. The van der Waals surface area contributed by atoms with Crippen molar-refractivity contribution in [3.05, 3.63) is 28.2 Å². The number of rotatable bonds is 3. The van der Waals surface area contributed by atoms with Crippen molar-refractivity contribution in [3.8, 4) is 0 Å². The zero-order valence-corrected chi connectivity index (χ0v) is 12.6. The summed E-state index contributed by atoms with van der Waals surface area (Å²) in [6.45, 7) is 0. The second kappa shape index (κ2) is 6.38. The first-order valence-corrected chi connectivity index (χ1v) is 8.13. The zero-order valence-electron chi connectivity index (χ0n) is 10.3. The zero-order chi connectivity index (χ0) is 13.1. The van der Waals surface area contributed by atoms with Gasteiger partial charge in [0.2, 0.25) is 0 Å². The van der Waals surface area contributed by atoms with Gasteiger partial charge < -0.3 is 5.32 Å². The molecule has 2 nitrogen and oxygen atoms in total. The van der Waals surface area contributed by atoms with Gasteiger partial charge in [0, 0.05) is 10.9 Å². The van der Waals surface area contributed by atoms with E-state index in [9.17, 15) is 4.21 Å². The molecular weight excluding hydrogens is 289 g/mol. The number of benzene rings is 1. The van der Waals surface area contributed by atoms with Gasteiger partial charge in [0.05, 0.1) is 26.1 Å². The highest BCUT2D eigenvalue weighted by molar-refractivity contribution is 7.85. The maximum absolute atomic E-state index is 12.6. The Morgan fingerprint density at radius 2 is 1.94 bits per heavy atom. The molecule has 0 bridgehead atoms. The van der Waals surface area contributed by atoms with Crippen LogP contribution in [0.15, 0.2) is 23.1 Å². The Balaban J connectivity index is 2.21. The lowest BCUT2D eigenvalue weighted by Gasteiger charge is -2.30. The lowest BCUT2D eigenvalue weighted by Crippen LogP contribution is -2.42. The van der Waals surface area contributed by atoms with Gasteiger partial charge in [0.25, 0.3) is 0 Å². The predicted molar refractivity (Wildman–Crippen MR) is 78.0 cm³/mol. The third kappa shape index (κ3) is 3.08. The second-order valence-corrected chi connectivity index (χ2v) is 7.08. The molecule has 0 aliphatic heterocycles. The molecule has 3 atom stereocenters. The summed E-state index contributed by atoms with van der Waals surface area (Å²) in [6.07, 6.45) is 4.45. The largest absolute Gasteiger partial charge is 0.316 e. The van der Waals surface area contributed by atoms with Crippen LogP contribution in [0.5, 0.6) is 0 Å². The van der Waals surface area contributed by atoms with E-state index in [1.807, 2.05) is 13.1 Å². The van der Waals surface area contributed by atoms with E-state index in [1.54, 1.807) is 12.1 Å². The lowest BCUT2D eigenvalue weighted by molar-refractivity contribution is 0.399. The van der Waals surface area contributed by atoms with Crippen LogP contribution in [-0.2, 0) is 10.8 Å². The minimum absolute atomic E-state index is 0.168. The first-order valence-electron chi connectivity index (χ1n) is 6.16. The third-order valence-corrected chi connectivity index (χ3v) is 6.04. The van der Waals surface area contributed by atoms with Crippen LogP contribution in [0.1, 0.15) is 25.7 Å². The maximum atomic E-state index is 12.6. The highest BCUT2D eigenvalue weighted by Gasteiger charge is 2.29. The van der Waals surface area contributed by atoms with Gasteiger partial charge >= 0.3 is 0 Å². The van der Waals surface area contributed by atoms with Gasteiger partial charge in [0.1, 0.15) is 0 Å². The molecule has 3 unspecified atom stereocenters. The fourth-order valence-corrected chi connectivity index (χ4v) is 4.56. The van der Waals surface area contributed by atoms with Crippen molar-refractivity contribution >= 4 is 34.0 Å². The summed E-state index contributed by atoms with van der Waals surface area (Å²) >= 11 is 11.9. The van der Waals surface area contributed by atoms with E-state index in [4.69, 9.17) is 23.2 Å². The second-order valence-electron chi connectivity index (χ2n) is 4.59. The van der Waals surface area contributed by atoms with Crippen molar-refractivity contribution in [1.29, 1.82) is 0 Å². The number of halogens is 2. The van der Waals surface area contributed by atoms with Crippen molar-refractivity contribution < 1.29 is 4.21 Å². The van der Waals surface area contributed by atoms with Crippen molar-refractivity contribution in [1.82, 2.24) is 5.32 Å². The average molecular weight is 306 g/mol. The molecule has 2 rings (SSSR count). The van der Waals surface area contributed by atoms with Crippen LogP contribution in [0.2, 0.25) is 10.0 Å². The molecule has 18 heavy (non-hydrogen) atoms. The number of hydrogen-bond donors (Lipinski definition) is 1. The minimum Gasteiger partial charge on any atom is -0.316 e. The molecule has 0 spiro atoms. The van der Waals surface area contributed by atoms with Gasteiger partial charge in [0.15, 0.2) is 0 Å². The van der Waals surface area contributed by atoms with Crippen LogP contribution < -0.4 is 5.32 Å². The molecule has 1 N–H and O–H groups in total. The molecule has 0 amide bonds. The highest BCUT2D eigenvalue weighted by Crippen LogP contribution is 2.29. The van der Waals surface area contributed by atoms with Crippen LogP contribution in [0, 0.1) is 0 Å². The Kier molecular flexibility index (Phi) is 5.07. The maximum Gasteiger partial charge on any atom is 0.0604 e. The first kappa shape index (κ1) is 14.3. The SMILES string of the molecule is CNC1CCCCC1S(=O)c1ccc(Cl)c(Cl)c1. The molecule has 1 fully saturated rings. The molecule has 1 aromatic rings. The van der Waals surface area contributed by atoms with E-state index in [2.05, 4.69) is 5.32 Å². The molecule has 5 heteroatoms. The molecule has 1 aromatic carbocycles. The van der Waals surface area contributed by atoms with Crippen LogP contribution in [0.25, 0.3) is 0 Å². The topological polar surface area (TPSA) is 29.1 Å². The predicted octanol–water partition coefficient (Wildman–Crippen LogP) is 3.63. The van der Waals surface area contributed by atoms with Gasteiger partial charge in [-0.25, -0.2) is 0 Å². The van der Waals surface area contributed by atoms with E-state index >= 15 is 0 Å². The Morgan fingerprint density at radius 3 is 2.61 bits per heavy atom. The number of nitrogens with one attached hydrogen (secondary N) is 1. The fraction of sp³-hybridized carbons (Fsp3) is 0.538. The fourth-order valence-electron chi connectivity index (χ4n) is 2.46.